The second-order valence-electron chi connectivity index (χ2n) is 3.82. The number of aryl methyl sites for hydroxylation is 1. The Bertz CT molecular complexity index is 559. The van der Waals surface area contributed by atoms with E-state index < -0.39 is 0 Å². The van der Waals surface area contributed by atoms with Crippen molar-refractivity contribution in [3.8, 4) is 5.69 Å². The first-order chi connectivity index (χ1) is 8.15. The molecule has 0 aliphatic heterocycles. The highest BCUT2D eigenvalue weighted by molar-refractivity contribution is 5.94. The van der Waals surface area contributed by atoms with Gasteiger partial charge in [0, 0.05) is 0 Å². The van der Waals surface area contributed by atoms with Gasteiger partial charge in [0.25, 0.3) is 5.91 Å². The topological polar surface area (TPSA) is 72.9 Å². The van der Waals surface area contributed by atoms with Crippen molar-refractivity contribution in [3.05, 3.63) is 47.3 Å². The third-order valence-corrected chi connectivity index (χ3v) is 2.73. The van der Waals surface area contributed by atoms with Crippen LogP contribution in [-0.2, 0) is 0 Å². The Balaban J connectivity index is 2.52. The molecular formula is C12H14N4O. The molecule has 88 valence electrons. The number of amides is 1. The van der Waals surface area contributed by atoms with Gasteiger partial charge in [0.15, 0.2) is 0 Å². The van der Waals surface area contributed by atoms with Crippen LogP contribution in [0.15, 0.2) is 30.5 Å². The van der Waals surface area contributed by atoms with Crippen molar-refractivity contribution in [2.75, 3.05) is 0 Å². The van der Waals surface area contributed by atoms with E-state index in [9.17, 15) is 4.79 Å². The molecule has 0 aliphatic carbocycles. The molecule has 1 heterocycles. The summed E-state index contributed by atoms with van der Waals surface area (Å²) in [5, 5.41) is 4.22. The lowest BCUT2D eigenvalue weighted by atomic mass is 10.2. The maximum Gasteiger partial charge on any atom is 0.268 e. The number of carbonyl (C=O) groups excluding carboxylic acids is 1. The zero-order valence-electron chi connectivity index (χ0n) is 9.77. The number of rotatable bonds is 2. The van der Waals surface area contributed by atoms with Crippen molar-refractivity contribution in [1.82, 2.24) is 15.2 Å². The van der Waals surface area contributed by atoms with Crippen molar-refractivity contribution >= 4 is 5.91 Å². The minimum atomic E-state index is -0.331. The van der Waals surface area contributed by atoms with Crippen molar-refractivity contribution < 1.29 is 4.79 Å². The SMILES string of the molecule is Cc1ccccc1-n1ncc(C(=O)NN)c1C. The highest BCUT2D eigenvalue weighted by Gasteiger charge is 2.14. The molecule has 0 radical (unpaired) electrons. The van der Waals surface area contributed by atoms with Crippen LogP contribution in [0.2, 0.25) is 0 Å². The molecule has 1 aromatic heterocycles. The maximum atomic E-state index is 11.5. The number of nitrogen functional groups attached to an aromatic ring is 1. The zero-order valence-corrected chi connectivity index (χ0v) is 9.77. The van der Waals surface area contributed by atoms with Gasteiger partial charge in [-0.2, -0.15) is 5.10 Å². The molecule has 0 unspecified atom stereocenters. The van der Waals surface area contributed by atoms with Gasteiger partial charge in [-0.25, -0.2) is 10.5 Å². The number of hydrazine groups is 1. The van der Waals surface area contributed by atoms with Crippen LogP contribution < -0.4 is 11.3 Å². The fourth-order valence-corrected chi connectivity index (χ4v) is 1.75. The number of aromatic nitrogens is 2. The molecule has 17 heavy (non-hydrogen) atoms. The summed E-state index contributed by atoms with van der Waals surface area (Å²) in [6, 6.07) is 7.86. The average molecular weight is 230 g/mol. The monoisotopic (exact) mass is 230 g/mol. The van der Waals surface area contributed by atoms with Crippen LogP contribution in [0, 0.1) is 13.8 Å². The lowest BCUT2D eigenvalue weighted by Gasteiger charge is -2.08. The van der Waals surface area contributed by atoms with Crippen LogP contribution >= 0.6 is 0 Å². The van der Waals surface area contributed by atoms with Gasteiger partial charge in [0.2, 0.25) is 0 Å². The van der Waals surface area contributed by atoms with Gasteiger partial charge in [-0.1, -0.05) is 18.2 Å². The van der Waals surface area contributed by atoms with Gasteiger partial charge in [0.1, 0.15) is 0 Å². The molecule has 1 aromatic carbocycles. The van der Waals surface area contributed by atoms with E-state index >= 15 is 0 Å². The number of carbonyl (C=O) groups is 1. The summed E-state index contributed by atoms with van der Waals surface area (Å²) in [5.41, 5.74) is 5.41. The molecular weight excluding hydrogens is 216 g/mol. The molecule has 0 bridgehead atoms. The van der Waals surface area contributed by atoms with Crippen molar-refractivity contribution in [2.24, 2.45) is 5.84 Å². The first-order valence-electron chi connectivity index (χ1n) is 5.26. The first-order valence-corrected chi connectivity index (χ1v) is 5.26. The third-order valence-electron chi connectivity index (χ3n) is 2.73. The Labute approximate surface area is 99.2 Å². The van der Waals surface area contributed by atoms with E-state index in [0.29, 0.717) is 5.56 Å². The van der Waals surface area contributed by atoms with Crippen LogP contribution in [0.5, 0.6) is 0 Å². The lowest BCUT2D eigenvalue weighted by molar-refractivity contribution is 0.0953. The Morgan fingerprint density at radius 2 is 2.06 bits per heavy atom. The molecule has 2 rings (SSSR count). The molecule has 0 spiro atoms. The number of nitrogens with zero attached hydrogens (tertiary/aromatic N) is 2. The van der Waals surface area contributed by atoms with Gasteiger partial charge in [-0.05, 0) is 25.5 Å². The summed E-state index contributed by atoms with van der Waals surface area (Å²) in [6.07, 6.45) is 1.52. The largest absolute Gasteiger partial charge is 0.290 e. The van der Waals surface area contributed by atoms with E-state index in [0.717, 1.165) is 16.9 Å². The summed E-state index contributed by atoms with van der Waals surface area (Å²) in [7, 11) is 0. The van der Waals surface area contributed by atoms with E-state index in [1.165, 1.54) is 6.20 Å². The van der Waals surface area contributed by atoms with Crippen molar-refractivity contribution in [1.29, 1.82) is 0 Å². The number of para-hydroxylation sites is 1. The zero-order chi connectivity index (χ0) is 12.4. The first kappa shape index (κ1) is 11.3. The van der Waals surface area contributed by atoms with E-state index in [4.69, 9.17) is 5.84 Å². The fourth-order valence-electron chi connectivity index (χ4n) is 1.75. The van der Waals surface area contributed by atoms with Crippen LogP contribution in [0.4, 0.5) is 0 Å². The summed E-state index contributed by atoms with van der Waals surface area (Å²) in [5.74, 6) is 4.78. The Kier molecular flexibility index (Phi) is 2.93. The van der Waals surface area contributed by atoms with Crippen LogP contribution in [0.25, 0.3) is 5.69 Å². The van der Waals surface area contributed by atoms with Crippen LogP contribution in [-0.4, -0.2) is 15.7 Å². The Hall–Kier alpha value is -2.14. The van der Waals surface area contributed by atoms with Crippen LogP contribution in [0.1, 0.15) is 21.6 Å². The quantitative estimate of drug-likeness (QED) is 0.461. The Morgan fingerprint density at radius 3 is 2.71 bits per heavy atom. The smallest absolute Gasteiger partial charge is 0.268 e. The number of hydrogen-bond donors (Lipinski definition) is 2. The van der Waals surface area contributed by atoms with Gasteiger partial charge in [-0.15, -0.1) is 0 Å². The maximum absolute atomic E-state index is 11.5. The lowest BCUT2D eigenvalue weighted by Crippen LogP contribution is -2.30. The van der Waals surface area contributed by atoms with Gasteiger partial charge in [-0.3, -0.25) is 10.2 Å². The van der Waals surface area contributed by atoms with Crippen molar-refractivity contribution in [3.63, 3.8) is 0 Å². The highest BCUT2D eigenvalue weighted by Crippen LogP contribution is 2.17. The molecule has 0 atom stereocenters. The predicted molar refractivity (Wildman–Crippen MR) is 64.7 cm³/mol. The van der Waals surface area contributed by atoms with Gasteiger partial charge >= 0.3 is 0 Å². The molecule has 5 nitrogen and oxygen atoms in total. The summed E-state index contributed by atoms with van der Waals surface area (Å²) < 4.78 is 1.74. The molecule has 0 saturated heterocycles. The number of hydrogen-bond acceptors (Lipinski definition) is 3. The van der Waals surface area contributed by atoms with E-state index in [1.54, 1.807) is 4.68 Å². The molecule has 1 amide bonds. The molecule has 2 aromatic rings. The minimum Gasteiger partial charge on any atom is -0.290 e. The second-order valence-corrected chi connectivity index (χ2v) is 3.82. The molecule has 0 saturated carbocycles. The summed E-state index contributed by atoms with van der Waals surface area (Å²) >= 11 is 0. The third kappa shape index (κ3) is 1.92. The highest BCUT2D eigenvalue weighted by atomic mass is 16.2. The van der Waals surface area contributed by atoms with Crippen LogP contribution in [0.3, 0.4) is 0 Å². The fraction of sp³-hybridized carbons (Fsp3) is 0.167. The number of nitrogens with one attached hydrogen (secondary N) is 1. The number of nitrogens with two attached hydrogens (primary N) is 1. The predicted octanol–water partition coefficient (Wildman–Crippen LogP) is 1.09. The second kappa shape index (κ2) is 4.39. The molecule has 5 heteroatoms. The van der Waals surface area contributed by atoms with Gasteiger partial charge in [0.05, 0.1) is 23.1 Å². The Morgan fingerprint density at radius 1 is 1.35 bits per heavy atom. The standard InChI is InChI=1S/C12H14N4O/c1-8-5-3-4-6-11(8)16-9(2)10(7-14-16)12(17)15-13/h3-7H,13H2,1-2H3,(H,15,17). The normalized spacial score (nSPS) is 10.3. The van der Waals surface area contributed by atoms with E-state index in [2.05, 4.69) is 10.5 Å². The van der Waals surface area contributed by atoms with Crippen molar-refractivity contribution in [2.45, 2.75) is 13.8 Å². The minimum absolute atomic E-state index is 0.331. The molecule has 0 aliphatic rings. The molecule has 0 fully saturated rings. The summed E-state index contributed by atoms with van der Waals surface area (Å²) in [4.78, 5) is 11.5. The number of benzene rings is 1. The summed E-state index contributed by atoms with van der Waals surface area (Å²) in [6.45, 7) is 3.84. The molecule has 3 N–H and O–H groups in total. The van der Waals surface area contributed by atoms with E-state index in [-0.39, 0.29) is 5.91 Å². The average Bonchev–Trinajstić information content (AvgIpc) is 2.71. The van der Waals surface area contributed by atoms with E-state index in [1.807, 2.05) is 38.1 Å². The van der Waals surface area contributed by atoms with Gasteiger partial charge < -0.3 is 0 Å².